The van der Waals surface area contributed by atoms with E-state index in [9.17, 15) is 23.1 Å². The number of nitrogens with zero attached hydrogens (tertiary/aromatic N) is 6. The minimum atomic E-state index is -4.47. The molecule has 1 unspecified atom stereocenters. The summed E-state index contributed by atoms with van der Waals surface area (Å²) in [4.78, 5) is 35.4. The van der Waals surface area contributed by atoms with E-state index >= 15 is 0 Å². The fourth-order valence-corrected chi connectivity index (χ4v) is 4.00. The highest BCUT2D eigenvalue weighted by molar-refractivity contribution is 6.31. The Morgan fingerprint density at radius 1 is 1.24 bits per heavy atom. The highest BCUT2D eigenvalue weighted by Crippen LogP contribution is 2.32. The van der Waals surface area contributed by atoms with E-state index in [4.69, 9.17) is 0 Å². The Balaban J connectivity index is 1.41. The minimum absolute atomic E-state index is 0.310. The smallest absolute Gasteiger partial charge is 0.391 e. The van der Waals surface area contributed by atoms with Gasteiger partial charge in [-0.25, -0.2) is 9.97 Å². The summed E-state index contributed by atoms with van der Waals surface area (Å²) in [5.41, 5.74) is 1.58. The Morgan fingerprint density at radius 2 is 2.00 bits per heavy atom. The van der Waals surface area contributed by atoms with Crippen molar-refractivity contribution in [3.05, 3.63) is 41.1 Å². The first-order valence-corrected chi connectivity index (χ1v) is 10.7. The van der Waals surface area contributed by atoms with Crippen LogP contribution in [0, 0.1) is 6.92 Å². The van der Waals surface area contributed by atoms with Crippen LogP contribution in [0.2, 0.25) is 0 Å². The molecule has 2 N–H and O–H groups in total. The van der Waals surface area contributed by atoms with Crippen LogP contribution in [0.1, 0.15) is 36.1 Å². The normalized spacial score (nSPS) is 20.7. The van der Waals surface area contributed by atoms with Crippen LogP contribution in [-0.2, 0) is 23.8 Å². The molecule has 34 heavy (non-hydrogen) atoms. The number of halogens is 3. The number of pyridine rings is 1. The number of carbonyl (C=O) groups is 1. The predicted octanol–water partition coefficient (Wildman–Crippen LogP) is 2.36. The van der Waals surface area contributed by atoms with Crippen LogP contribution in [0.4, 0.5) is 24.7 Å². The van der Waals surface area contributed by atoms with E-state index in [1.807, 2.05) is 0 Å². The van der Waals surface area contributed by atoms with Gasteiger partial charge in [-0.05, 0) is 31.9 Å². The zero-order chi connectivity index (χ0) is 24.6. The molecular weight excluding hydrogens is 451 g/mol. The maximum absolute atomic E-state index is 12.7. The van der Waals surface area contributed by atoms with Crippen molar-refractivity contribution < 1.29 is 23.1 Å². The maximum Gasteiger partial charge on any atom is 0.433 e. The van der Waals surface area contributed by atoms with Crippen molar-refractivity contribution in [3.8, 4) is 0 Å². The number of aliphatic imine (C=N–C) groups is 2. The van der Waals surface area contributed by atoms with Crippen LogP contribution in [0.5, 0.6) is 0 Å². The highest BCUT2D eigenvalue weighted by Gasteiger charge is 2.36. The molecule has 4 rings (SSSR count). The molecule has 0 spiro atoms. The average molecular weight is 475 g/mol. The molecule has 0 fully saturated rings. The van der Waals surface area contributed by atoms with Gasteiger partial charge < -0.3 is 15.3 Å². The van der Waals surface area contributed by atoms with E-state index in [0.717, 1.165) is 11.8 Å². The summed E-state index contributed by atoms with van der Waals surface area (Å²) < 4.78 is 38.0. The molecule has 1 amide bonds. The van der Waals surface area contributed by atoms with E-state index in [1.54, 1.807) is 32.0 Å². The van der Waals surface area contributed by atoms with Crippen molar-refractivity contribution in [1.82, 2.24) is 15.0 Å². The summed E-state index contributed by atoms with van der Waals surface area (Å²) in [6, 6.07) is 1.59. The lowest BCUT2D eigenvalue weighted by Crippen LogP contribution is -2.52. The lowest BCUT2D eigenvalue weighted by molar-refractivity contribution is -0.141. The van der Waals surface area contributed by atoms with Gasteiger partial charge in [0, 0.05) is 32.3 Å². The van der Waals surface area contributed by atoms with Gasteiger partial charge in [0.05, 0.1) is 17.5 Å². The number of aliphatic hydroxyl groups is 1. The van der Waals surface area contributed by atoms with Gasteiger partial charge in [0.1, 0.15) is 29.4 Å². The summed E-state index contributed by atoms with van der Waals surface area (Å²) >= 11 is 0. The summed E-state index contributed by atoms with van der Waals surface area (Å²) in [6.45, 7) is 3.33. The van der Waals surface area contributed by atoms with Crippen LogP contribution in [0.3, 0.4) is 0 Å². The number of hydrogen-bond acceptors (Lipinski definition) is 8. The lowest BCUT2D eigenvalue weighted by atomic mass is 10.1. The van der Waals surface area contributed by atoms with Crippen molar-refractivity contribution in [2.45, 2.75) is 57.6 Å². The molecule has 3 atom stereocenters. The van der Waals surface area contributed by atoms with Crippen molar-refractivity contribution in [2.24, 2.45) is 9.98 Å². The van der Waals surface area contributed by atoms with E-state index in [-0.39, 0.29) is 5.91 Å². The number of anilines is 2. The van der Waals surface area contributed by atoms with Crippen LogP contribution >= 0.6 is 0 Å². The number of likely N-dealkylation sites (N-methyl/N-ethyl adjacent to an activating group) is 1. The first-order chi connectivity index (χ1) is 16.0. The number of amides is 1. The number of rotatable bonds is 6. The summed E-state index contributed by atoms with van der Waals surface area (Å²) in [5, 5.41) is 12.8. The number of fused-ring (bicyclic) bond motifs is 1. The standard InChI is InChI=1S/C22H24F3N7O2/c1-11-18-20(32(3)19(12(2)33)21(34)31-18)30-16(28-11)7-5-14-10-27-17(29-14)8-13-4-6-15(26-9-13)22(23,24)25/h4,6,9-10,12,17,19,33H,5,7-8H2,1-3H3,(H,31,34)/t12-,17?,19-/m0/s1. The van der Waals surface area contributed by atoms with E-state index in [0.29, 0.717) is 47.8 Å². The van der Waals surface area contributed by atoms with E-state index in [2.05, 4.69) is 30.3 Å². The Morgan fingerprint density at radius 3 is 2.65 bits per heavy atom. The van der Waals surface area contributed by atoms with Crippen LogP contribution in [0.25, 0.3) is 0 Å². The Kier molecular flexibility index (Phi) is 6.34. The van der Waals surface area contributed by atoms with Crippen LogP contribution < -0.4 is 10.2 Å². The average Bonchev–Trinajstić information content (AvgIpc) is 3.20. The second-order valence-corrected chi connectivity index (χ2v) is 8.34. The van der Waals surface area contributed by atoms with E-state index in [1.165, 1.54) is 12.3 Å². The molecule has 0 saturated heterocycles. The molecule has 2 aromatic rings. The van der Waals surface area contributed by atoms with Gasteiger partial charge in [0.15, 0.2) is 5.82 Å². The number of hydrogen-bond donors (Lipinski definition) is 2. The van der Waals surface area contributed by atoms with Crippen LogP contribution in [0.15, 0.2) is 28.3 Å². The first-order valence-electron chi connectivity index (χ1n) is 10.7. The molecule has 0 bridgehead atoms. The van der Waals surface area contributed by atoms with Gasteiger partial charge in [-0.2, -0.15) is 13.2 Å². The fraction of sp³-hybridized carbons (Fsp3) is 0.455. The Hall–Kier alpha value is -3.41. The van der Waals surface area contributed by atoms with Crippen molar-refractivity contribution in [3.63, 3.8) is 0 Å². The second kappa shape index (κ2) is 9.09. The zero-order valence-corrected chi connectivity index (χ0v) is 18.8. The molecule has 12 heteroatoms. The van der Waals surface area contributed by atoms with Gasteiger partial charge in [-0.3, -0.25) is 19.8 Å². The van der Waals surface area contributed by atoms with Gasteiger partial charge in [-0.15, -0.1) is 0 Å². The third-order valence-corrected chi connectivity index (χ3v) is 5.69. The third kappa shape index (κ3) is 4.91. The maximum atomic E-state index is 12.7. The predicted molar refractivity (Wildman–Crippen MR) is 120 cm³/mol. The largest absolute Gasteiger partial charge is 0.433 e. The second-order valence-electron chi connectivity index (χ2n) is 8.34. The van der Waals surface area contributed by atoms with Gasteiger partial charge >= 0.3 is 6.18 Å². The van der Waals surface area contributed by atoms with E-state index < -0.39 is 30.2 Å². The Labute approximate surface area is 193 Å². The van der Waals surface area contributed by atoms with Crippen molar-refractivity contribution in [1.29, 1.82) is 0 Å². The summed E-state index contributed by atoms with van der Waals surface area (Å²) in [5.74, 6) is 0.799. The topological polar surface area (TPSA) is 116 Å². The fourth-order valence-electron chi connectivity index (χ4n) is 4.00. The van der Waals surface area contributed by atoms with Crippen LogP contribution in [-0.4, -0.2) is 63.3 Å². The minimum Gasteiger partial charge on any atom is -0.391 e. The number of carbonyl (C=O) groups excluding carboxylic acids is 1. The van der Waals surface area contributed by atoms with Gasteiger partial charge in [0.25, 0.3) is 0 Å². The number of nitrogens with one attached hydrogen (secondary N) is 1. The van der Waals surface area contributed by atoms with Gasteiger partial charge in [0.2, 0.25) is 5.91 Å². The number of aromatic nitrogens is 3. The monoisotopic (exact) mass is 475 g/mol. The molecule has 9 nitrogen and oxygen atoms in total. The molecular formula is C22H24F3N7O2. The summed E-state index contributed by atoms with van der Waals surface area (Å²) in [6.07, 6.45) is -1.54. The molecule has 0 saturated carbocycles. The van der Waals surface area contributed by atoms with Crippen molar-refractivity contribution >= 4 is 29.3 Å². The molecule has 0 aliphatic carbocycles. The van der Waals surface area contributed by atoms with Crippen molar-refractivity contribution in [2.75, 3.05) is 17.3 Å². The molecule has 180 valence electrons. The first kappa shape index (κ1) is 23.7. The molecule has 2 aliphatic rings. The zero-order valence-electron chi connectivity index (χ0n) is 18.8. The summed E-state index contributed by atoms with van der Waals surface area (Å²) in [7, 11) is 1.71. The Bertz CT molecular complexity index is 1150. The lowest BCUT2D eigenvalue weighted by Gasteiger charge is -2.36. The number of aryl methyl sites for hydroxylation is 2. The number of alkyl halides is 3. The number of aliphatic hydroxyl groups excluding tert-OH is 1. The molecule has 2 aliphatic heterocycles. The molecule has 0 radical (unpaired) electrons. The molecule has 0 aromatic carbocycles. The quantitative estimate of drug-likeness (QED) is 0.663. The molecule has 2 aromatic heterocycles. The highest BCUT2D eigenvalue weighted by atomic mass is 19.4. The SMILES string of the molecule is Cc1nc(CCC2=NC(Cc3ccc(C(F)(F)F)nc3)N=C2)nc2c1NC(=O)[C@H]([C@H](C)O)N2C. The molecule has 4 heterocycles. The third-order valence-electron chi connectivity index (χ3n) is 5.69. The van der Waals surface area contributed by atoms with Gasteiger partial charge in [-0.1, -0.05) is 6.07 Å².